The van der Waals surface area contributed by atoms with E-state index in [0.29, 0.717) is 38.0 Å². The number of aromatic nitrogens is 3. The van der Waals surface area contributed by atoms with Crippen molar-refractivity contribution in [3.63, 3.8) is 0 Å². The van der Waals surface area contributed by atoms with Crippen molar-refractivity contribution in [3.05, 3.63) is 75.0 Å². The molecule has 5 nitrogen and oxygen atoms in total. The molecule has 2 aromatic carbocycles. The van der Waals surface area contributed by atoms with Crippen molar-refractivity contribution in [2.45, 2.75) is 0 Å². The number of anilines is 1. The molecule has 0 unspecified atom stereocenters. The van der Waals surface area contributed by atoms with E-state index < -0.39 is 0 Å². The number of pyridine rings is 1. The molecule has 0 radical (unpaired) electrons. The summed E-state index contributed by atoms with van der Waals surface area (Å²) in [5.41, 5.74) is 8.26. The number of nitrogen functional groups attached to an aromatic ring is 1. The Morgan fingerprint density at radius 1 is 1.00 bits per heavy atom. The number of fused-ring (bicyclic) bond motifs is 1. The van der Waals surface area contributed by atoms with Crippen LogP contribution in [0.2, 0.25) is 10.0 Å². The van der Waals surface area contributed by atoms with Crippen LogP contribution in [-0.4, -0.2) is 14.3 Å². The molecule has 26 heavy (non-hydrogen) atoms. The fraction of sp³-hybridized carbons (Fsp3) is 0.0526. The zero-order valence-corrected chi connectivity index (χ0v) is 15.3. The first kappa shape index (κ1) is 16.7. The molecule has 2 aromatic heterocycles. The molecular formula is C19H14Cl2N4O. The van der Waals surface area contributed by atoms with E-state index in [0.717, 1.165) is 5.69 Å². The topological polar surface area (TPSA) is 65.8 Å². The molecule has 0 spiro atoms. The molecular weight excluding hydrogens is 371 g/mol. The Kier molecular flexibility index (Phi) is 3.98. The zero-order chi connectivity index (χ0) is 18.4. The predicted molar refractivity (Wildman–Crippen MR) is 106 cm³/mol. The molecule has 130 valence electrons. The molecule has 0 saturated heterocycles. The molecule has 4 aromatic rings. The van der Waals surface area contributed by atoms with E-state index in [2.05, 4.69) is 5.10 Å². The van der Waals surface area contributed by atoms with Gasteiger partial charge in [0.05, 0.1) is 26.7 Å². The Hall–Kier alpha value is -2.76. The smallest absolute Gasteiger partial charge is 0.259 e. The number of nitrogens with zero attached hydrogens (tertiary/aromatic N) is 3. The van der Waals surface area contributed by atoms with Crippen molar-refractivity contribution in [1.29, 1.82) is 0 Å². The summed E-state index contributed by atoms with van der Waals surface area (Å²) in [6.45, 7) is 0. The van der Waals surface area contributed by atoms with Crippen molar-refractivity contribution in [3.8, 4) is 16.8 Å². The summed E-state index contributed by atoms with van der Waals surface area (Å²) in [6, 6.07) is 16.3. The highest BCUT2D eigenvalue weighted by atomic mass is 35.5. The number of hydrogen-bond acceptors (Lipinski definition) is 3. The Morgan fingerprint density at radius 2 is 1.65 bits per heavy atom. The minimum atomic E-state index is -0.245. The van der Waals surface area contributed by atoms with Crippen LogP contribution < -0.4 is 11.3 Å². The van der Waals surface area contributed by atoms with Crippen LogP contribution in [0.4, 0.5) is 5.82 Å². The highest BCUT2D eigenvalue weighted by Gasteiger charge is 2.19. The molecule has 0 aliphatic heterocycles. The van der Waals surface area contributed by atoms with Crippen LogP contribution in [0.3, 0.4) is 0 Å². The predicted octanol–water partition coefficient (Wildman–Crippen LogP) is 4.28. The van der Waals surface area contributed by atoms with Crippen LogP contribution >= 0.6 is 23.2 Å². The third kappa shape index (κ3) is 2.48. The third-order valence-electron chi connectivity index (χ3n) is 4.31. The van der Waals surface area contributed by atoms with Gasteiger partial charge in [-0.3, -0.25) is 9.36 Å². The molecule has 4 rings (SSSR count). The summed E-state index contributed by atoms with van der Waals surface area (Å²) in [5, 5.41) is 5.98. The van der Waals surface area contributed by atoms with E-state index in [-0.39, 0.29) is 5.56 Å². The van der Waals surface area contributed by atoms with E-state index in [1.807, 2.05) is 30.3 Å². The highest BCUT2D eigenvalue weighted by molar-refractivity contribution is 6.39. The van der Waals surface area contributed by atoms with Crippen LogP contribution in [0, 0.1) is 0 Å². The van der Waals surface area contributed by atoms with Gasteiger partial charge in [-0.25, -0.2) is 4.68 Å². The summed E-state index contributed by atoms with van der Waals surface area (Å²) in [7, 11) is 1.65. The van der Waals surface area contributed by atoms with E-state index in [1.165, 1.54) is 4.57 Å². The average molecular weight is 385 g/mol. The van der Waals surface area contributed by atoms with Gasteiger partial charge in [-0.2, -0.15) is 0 Å². The fourth-order valence-electron chi connectivity index (χ4n) is 3.00. The first-order chi connectivity index (χ1) is 12.5. The molecule has 0 aliphatic rings. The first-order valence-electron chi connectivity index (χ1n) is 7.87. The van der Waals surface area contributed by atoms with Gasteiger partial charge in [-0.15, -0.1) is 5.10 Å². The molecule has 0 bridgehead atoms. The van der Waals surface area contributed by atoms with Crippen LogP contribution in [0.1, 0.15) is 0 Å². The van der Waals surface area contributed by atoms with Crippen molar-refractivity contribution in [2.75, 3.05) is 5.73 Å². The van der Waals surface area contributed by atoms with Gasteiger partial charge in [0.15, 0.2) is 5.65 Å². The van der Waals surface area contributed by atoms with Gasteiger partial charge in [0.1, 0.15) is 5.82 Å². The molecule has 0 amide bonds. The van der Waals surface area contributed by atoms with E-state index in [9.17, 15) is 4.79 Å². The fourth-order valence-corrected chi connectivity index (χ4v) is 3.60. The lowest BCUT2D eigenvalue weighted by molar-refractivity contribution is 0.841. The molecule has 0 fully saturated rings. The Morgan fingerprint density at radius 3 is 2.31 bits per heavy atom. The number of benzene rings is 2. The zero-order valence-electron chi connectivity index (χ0n) is 13.8. The lowest BCUT2D eigenvalue weighted by Crippen LogP contribution is -2.19. The van der Waals surface area contributed by atoms with Crippen LogP contribution in [0.5, 0.6) is 0 Å². The van der Waals surface area contributed by atoms with Crippen LogP contribution in [0.15, 0.2) is 59.4 Å². The number of rotatable bonds is 2. The standard InChI is InChI=1S/C19H14Cl2N4O/c1-24-18-13(17(22)25(23-18)11-6-3-2-4-7-11)10-12(19(24)26)16-14(20)8-5-9-15(16)21/h2-10H,22H2,1H3. The SMILES string of the molecule is Cn1c(=O)c(-c2c(Cl)cccc2Cl)cc2c(N)n(-c3ccccc3)nc21. The third-order valence-corrected chi connectivity index (χ3v) is 4.94. The van der Waals surface area contributed by atoms with Crippen LogP contribution in [0.25, 0.3) is 27.8 Å². The summed E-state index contributed by atoms with van der Waals surface area (Å²) in [4.78, 5) is 12.9. The maximum Gasteiger partial charge on any atom is 0.259 e. The Labute approximate surface area is 159 Å². The number of halogens is 2. The average Bonchev–Trinajstić information content (AvgIpc) is 2.97. The molecule has 2 N–H and O–H groups in total. The summed E-state index contributed by atoms with van der Waals surface area (Å²) in [6.07, 6.45) is 0. The highest BCUT2D eigenvalue weighted by Crippen LogP contribution is 2.35. The van der Waals surface area contributed by atoms with Gasteiger partial charge in [0.2, 0.25) is 0 Å². The quantitative estimate of drug-likeness (QED) is 0.560. The Bertz CT molecular complexity index is 1180. The number of hydrogen-bond donors (Lipinski definition) is 1. The maximum atomic E-state index is 12.9. The number of nitrogens with two attached hydrogens (primary N) is 1. The van der Waals surface area contributed by atoms with E-state index >= 15 is 0 Å². The van der Waals surface area contributed by atoms with Crippen molar-refractivity contribution in [1.82, 2.24) is 14.3 Å². The monoisotopic (exact) mass is 384 g/mol. The van der Waals surface area contributed by atoms with Crippen molar-refractivity contribution >= 4 is 40.1 Å². The second-order valence-corrected chi connectivity index (χ2v) is 6.70. The first-order valence-corrected chi connectivity index (χ1v) is 8.62. The van der Waals surface area contributed by atoms with Gasteiger partial charge < -0.3 is 5.73 Å². The lowest BCUT2D eigenvalue weighted by Gasteiger charge is -2.09. The number of para-hydroxylation sites is 1. The van der Waals surface area contributed by atoms with Gasteiger partial charge in [-0.05, 0) is 30.3 Å². The van der Waals surface area contributed by atoms with Gasteiger partial charge in [0.25, 0.3) is 5.56 Å². The van der Waals surface area contributed by atoms with E-state index in [1.54, 1.807) is 36.0 Å². The molecule has 0 atom stereocenters. The van der Waals surface area contributed by atoms with E-state index in [4.69, 9.17) is 28.9 Å². The largest absolute Gasteiger partial charge is 0.383 e. The van der Waals surface area contributed by atoms with Crippen molar-refractivity contribution in [2.24, 2.45) is 7.05 Å². The molecule has 7 heteroatoms. The van der Waals surface area contributed by atoms with Gasteiger partial charge in [-0.1, -0.05) is 47.5 Å². The number of aryl methyl sites for hydroxylation is 1. The minimum Gasteiger partial charge on any atom is -0.383 e. The summed E-state index contributed by atoms with van der Waals surface area (Å²) >= 11 is 12.6. The minimum absolute atomic E-state index is 0.245. The maximum absolute atomic E-state index is 12.9. The second kappa shape index (κ2) is 6.20. The lowest BCUT2D eigenvalue weighted by atomic mass is 10.1. The molecule has 0 saturated carbocycles. The normalized spacial score (nSPS) is 11.2. The summed E-state index contributed by atoms with van der Waals surface area (Å²) < 4.78 is 3.07. The second-order valence-electron chi connectivity index (χ2n) is 5.89. The molecule has 2 heterocycles. The summed E-state index contributed by atoms with van der Waals surface area (Å²) in [5.74, 6) is 0.436. The van der Waals surface area contributed by atoms with Crippen LogP contribution in [-0.2, 0) is 7.05 Å². The Balaban J connectivity index is 2.06. The van der Waals surface area contributed by atoms with Gasteiger partial charge >= 0.3 is 0 Å². The van der Waals surface area contributed by atoms with Gasteiger partial charge in [0, 0.05) is 12.6 Å². The van der Waals surface area contributed by atoms with Crippen molar-refractivity contribution < 1.29 is 0 Å². The molecule has 0 aliphatic carbocycles.